The number of allylic oxidation sites excluding steroid dienone is 1. The second kappa shape index (κ2) is 15.5. The molecule has 4 aliphatic rings. The van der Waals surface area contributed by atoms with Gasteiger partial charge in [0.15, 0.2) is 0 Å². The lowest BCUT2D eigenvalue weighted by molar-refractivity contribution is -0.145. The minimum absolute atomic E-state index is 0.0492. The molecule has 2 saturated carbocycles. The first-order chi connectivity index (χ1) is 24.5. The highest BCUT2D eigenvalue weighted by atomic mass is 35.5. The fraction of sp³-hybridized carbons (Fsp3) is 0.595. The van der Waals surface area contributed by atoms with Gasteiger partial charge in [-0.05, 0) is 77.3 Å². The van der Waals surface area contributed by atoms with Crippen LogP contribution in [-0.2, 0) is 19.1 Å². The fourth-order valence-corrected chi connectivity index (χ4v) is 7.71. The quantitative estimate of drug-likeness (QED) is 0.294. The predicted octanol–water partition coefficient (Wildman–Crippen LogP) is 5.55. The Hall–Kier alpha value is -4.26. The number of nitrogens with zero attached hydrogens (tertiary/aromatic N) is 2. The van der Waals surface area contributed by atoms with Gasteiger partial charge in [0.2, 0.25) is 17.7 Å². The number of aromatic nitrogens is 1. The molecule has 1 aromatic heterocycles. The van der Waals surface area contributed by atoms with Gasteiger partial charge >= 0.3 is 12.1 Å². The molecule has 1 saturated heterocycles. The van der Waals surface area contributed by atoms with Crippen molar-refractivity contribution in [1.29, 1.82) is 0 Å². The van der Waals surface area contributed by atoms with Crippen molar-refractivity contribution < 1.29 is 43.2 Å². The van der Waals surface area contributed by atoms with E-state index in [1.54, 1.807) is 18.2 Å². The van der Waals surface area contributed by atoms with E-state index in [-0.39, 0.29) is 60.7 Å². The Kier molecular flexibility index (Phi) is 11.1. The second-order valence-electron chi connectivity index (χ2n) is 14.3. The zero-order valence-corrected chi connectivity index (χ0v) is 30.1. The Labute approximate surface area is 302 Å². The highest BCUT2D eigenvalue weighted by Gasteiger charge is 2.61. The molecule has 6 rings (SSSR count). The number of carboxylic acid groups (broad SMARTS) is 1. The average Bonchev–Trinajstić information content (AvgIpc) is 3.35. The number of hydrogen-bond acceptors (Lipinski definition) is 9. The van der Waals surface area contributed by atoms with E-state index in [1.807, 2.05) is 26.0 Å². The molecule has 3 fully saturated rings. The molecular weight excluding hydrogens is 680 g/mol. The Bertz CT molecular complexity index is 1680. The van der Waals surface area contributed by atoms with E-state index >= 15 is 0 Å². The summed E-state index contributed by atoms with van der Waals surface area (Å²) in [6, 6.07) is 3.60. The van der Waals surface area contributed by atoms with Crippen molar-refractivity contribution in [3.05, 3.63) is 35.4 Å². The number of halogens is 1. The Morgan fingerprint density at radius 2 is 1.86 bits per heavy atom. The predicted molar refractivity (Wildman–Crippen MR) is 188 cm³/mol. The Balaban J connectivity index is 1.28. The molecule has 0 radical (unpaired) electrons. The highest BCUT2D eigenvalue weighted by molar-refractivity contribution is 6.36. The number of amides is 3. The Morgan fingerprint density at radius 1 is 1.10 bits per heavy atom. The van der Waals surface area contributed by atoms with Crippen LogP contribution in [0.3, 0.4) is 0 Å². The summed E-state index contributed by atoms with van der Waals surface area (Å²) in [6.07, 6.45) is 9.06. The number of aliphatic carboxylic acids is 1. The van der Waals surface area contributed by atoms with Crippen LogP contribution in [0.5, 0.6) is 17.4 Å². The van der Waals surface area contributed by atoms with Crippen molar-refractivity contribution in [1.82, 2.24) is 20.5 Å². The summed E-state index contributed by atoms with van der Waals surface area (Å²) in [4.78, 5) is 59.5. The number of hydrogen-bond donors (Lipinski definition) is 3. The van der Waals surface area contributed by atoms with Crippen LogP contribution in [0.25, 0.3) is 10.9 Å². The molecule has 14 heteroatoms. The number of methoxy groups -OCH3 is 1. The number of carbonyl (C=O) groups excluding carboxylic acids is 3. The van der Waals surface area contributed by atoms with Crippen LogP contribution in [0, 0.1) is 5.92 Å². The van der Waals surface area contributed by atoms with Crippen LogP contribution in [0.1, 0.15) is 84.5 Å². The molecule has 0 spiro atoms. The average molecular weight is 727 g/mol. The summed E-state index contributed by atoms with van der Waals surface area (Å²) in [5.74, 6) is -1.29. The maximum absolute atomic E-state index is 14.1. The van der Waals surface area contributed by atoms with Gasteiger partial charge in [-0.15, -0.1) is 0 Å². The third-order valence-corrected chi connectivity index (χ3v) is 10.5. The number of carboxylic acids is 1. The molecule has 13 nitrogen and oxygen atoms in total. The van der Waals surface area contributed by atoms with Gasteiger partial charge < -0.3 is 39.6 Å². The number of fused-ring (bicyclic) bond motifs is 3. The molecule has 3 N–H and O–H groups in total. The molecule has 2 aromatic rings. The minimum atomic E-state index is -1.43. The van der Waals surface area contributed by atoms with E-state index in [9.17, 15) is 24.3 Å². The summed E-state index contributed by atoms with van der Waals surface area (Å²) >= 11 is 6.66. The molecule has 51 heavy (non-hydrogen) atoms. The third kappa shape index (κ3) is 8.29. The van der Waals surface area contributed by atoms with Gasteiger partial charge in [-0.2, -0.15) is 0 Å². The molecule has 5 atom stereocenters. The van der Waals surface area contributed by atoms with Crippen LogP contribution >= 0.6 is 11.6 Å². The molecule has 2 aliphatic carbocycles. The van der Waals surface area contributed by atoms with Crippen LogP contribution in [0.2, 0.25) is 5.02 Å². The smallest absolute Gasteiger partial charge is 0.407 e. The van der Waals surface area contributed by atoms with Gasteiger partial charge in [-0.1, -0.05) is 30.2 Å². The number of rotatable bonds is 8. The zero-order valence-electron chi connectivity index (χ0n) is 29.3. The largest absolute Gasteiger partial charge is 0.495 e. The van der Waals surface area contributed by atoms with Crippen LogP contribution in [-0.4, -0.2) is 88.5 Å². The fourth-order valence-electron chi connectivity index (χ4n) is 7.42. The van der Waals surface area contributed by atoms with E-state index < -0.39 is 41.7 Å². The van der Waals surface area contributed by atoms with Crippen molar-refractivity contribution in [2.75, 3.05) is 13.7 Å². The first-order valence-electron chi connectivity index (χ1n) is 18.0. The zero-order chi connectivity index (χ0) is 36.3. The topological polar surface area (TPSA) is 166 Å². The molecule has 0 bridgehead atoms. The van der Waals surface area contributed by atoms with Crippen molar-refractivity contribution in [2.24, 2.45) is 5.92 Å². The van der Waals surface area contributed by atoms with E-state index in [1.165, 1.54) is 12.0 Å². The number of alkyl carbamates (subject to hydrolysis) is 1. The lowest BCUT2D eigenvalue weighted by Gasteiger charge is -2.27. The molecule has 276 valence electrons. The van der Waals surface area contributed by atoms with Gasteiger partial charge in [0.05, 0.1) is 19.8 Å². The molecule has 0 unspecified atom stereocenters. The Morgan fingerprint density at radius 3 is 2.59 bits per heavy atom. The first kappa shape index (κ1) is 36.5. The third-order valence-electron chi connectivity index (χ3n) is 10.2. The van der Waals surface area contributed by atoms with E-state index in [2.05, 4.69) is 15.6 Å². The van der Waals surface area contributed by atoms with Gasteiger partial charge in [-0.25, -0.2) is 14.6 Å². The molecule has 3 amide bonds. The van der Waals surface area contributed by atoms with Gasteiger partial charge in [0.1, 0.15) is 45.8 Å². The number of carbonyl (C=O) groups is 4. The monoisotopic (exact) mass is 726 g/mol. The van der Waals surface area contributed by atoms with Crippen LogP contribution in [0.4, 0.5) is 4.79 Å². The maximum Gasteiger partial charge on any atom is 0.407 e. The number of nitrogens with one attached hydrogen (secondary N) is 2. The first-order valence-corrected chi connectivity index (χ1v) is 18.3. The summed E-state index contributed by atoms with van der Waals surface area (Å²) in [6.45, 7) is 3.78. The van der Waals surface area contributed by atoms with Crippen molar-refractivity contribution in [3.63, 3.8) is 0 Å². The molecule has 3 heterocycles. The molecular formula is C37H47ClN4O9. The van der Waals surface area contributed by atoms with Gasteiger partial charge in [0, 0.05) is 36.3 Å². The van der Waals surface area contributed by atoms with E-state index in [4.69, 9.17) is 30.5 Å². The number of benzene rings is 1. The second-order valence-corrected chi connectivity index (χ2v) is 14.7. The molecule has 2 aliphatic heterocycles. The van der Waals surface area contributed by atoms with E-state index in [0.29, 0.717) is 35.2 Å². The van der Waals surface area contributed by atoms with Gasteiger partial charge in [-0.3, -0.25) is 9.59 Å². The lowest BCUT2D eigenvalue weighted by atomic mass is 10.0. The van der Waals surface area contributed by atoms with Crippen molar-refractivity contribution >= 4 is 46.4 Å². The number of ether oxygens (including phenoxy) is 4. The van der Waals surface area contributed by atoms with Crippen molar-refractivity contribution in [3.8, 4) is 17.4 Å². The highest BCUT2D eigenvalue weighted by Crippen LogP contribution is 2.46. The summed E-state index contributed by atoms with van der Waals surface area (Å²) in [7, 11) is 1.51. The van der Waals surface area contributed by atoms with E-state index in [0.717, 1.165) is 38.5 Å². The summed E-state index contributed by atoms with van der Waals surface area (Å²) < 4.78 is 23.5. The summed E-state index contributed by atoms with van der Waals surface area (Å²) in [5.41, 5.74) is -1.03. The van der Waals surface area contributed by atoms with Gasteiger partial charge in [0.25, 0.3) is 0 Å². The van der Waals surface area contributed by atoms with Crippen LogP contribution < -0.4 is 24.8 Å². The molecule has 1 aromatic carbocycles. The summed E-state index contributed by atoms with van der Waals surface area (Å²) in [5, 5.41) is 16.7. The van der Waals surface area contributed by atoms with Crippen LogP contribution in [0.15, 0.2) is 30.4 Å². The minimum Gasteiger partial charge on any atom is -0.495 e. The standard InChI is InChI=1S/C37H47ClN4O9/c1-21(2)49-30-18-29(26-14-15-28(48-3)32(38)33(26)40-30)50-25-17-27-34(44)41-37(35(45)46)19-22(37)10-6-4-5-7-11-23(16-31(43)42(27)20-25)39-36(47)51-24-12-8-9-13-24/h6,10,14-15,18,21-25,27H,4-5,7-9,11-13,16-17,19-20H2,1-3H3,(H,39,47)(H,41,44)(H,45,46)/b10-6-/t22-,23+,25-,27+,37-/m1/s1. The SMILES string of the molecule is COc1ccc2c(O[C@@H]3C[C@H]4C(=O)N[C@]5(C(=O)O)C[C@H]5/C=C\CCCC[C@H](NC(=O)OC5CCCC5)CC(=O)N4C3)cc(OC(C)C)nc2c1Cl. The van der Waals surface area contributed by atoms with Crippen molar-refractivity contribution in [2.45, 2.75) is 120 Å². The lowest BCUT2D eigenvalue weighted by Crippen LogP contribution is -2.53. The number of pyridine rings is 1. The normalized spacial score (nSPS) is 27.8. The maximum atomic E-state index is 14.1.